The first-order chi connectivity index (χ1) is 23.6. The summed E-state index contributed by atoms with van der Waals surface area (Å²) >= 11 is 0. The Bertz CT molecular complexity index is 1720. The average Bonchev–Trinajstić information content (AvgIpc) is 3.71. The zero-order valence-corrected chi connectivity index (χ0v) is 30.9. The summed E-state index contributed by atoms with van der Waals surface area (Å²) in [6.45, 7) is 21.3. The van der Waals surface area contributed by atoms with Gasteiger partial charge in [-0.15, -0.1) is 0 Å². The van der Waals surface area contributed by atoms with Crippen LogP contribution in [0.1, 0.15) is 86.1 Å². The van der Waals surface area contributed by atoms with Crippen molar-refractivity contribution in [3.8, 4) is 34.5 Å². The zero-order valence-electron chi connectivity index (χ0n) is 30.9. The predicted molar refractivity (Wildman–Crippen MR) is 196 cm³/mol. The van der Waals surface area contributed by atoms with E-state index >= 15 is 0 Å². The van der Waals surface area contributed by atoms with Gasteiger partial charge in [0, 0.05) is 50.4 Å². The first kappa shape index (κ1) is 35.4. The second-order valence-electron chi connectivity index (χ2n) is 15.9. The molecule has 0 saturated heterocycles. The summed E-state index contributed by atoms with van der Waals surface area (Å²) in [4.78, 5) is 4.75. The molecule has 0 aliphatic carbocycles. The number of aryl methyl sites for hydroxylation is 2. The summed E-state index contributed by atoms with van der Waals surface area (Å²) in [5.74, 6) is 3.74. The number of phenolic OH excluding ortho intramolecular Hbond substituents is 2. The number of hydrogen-bond acceptors (Lipinski definition) is 8. The molecule has 4 aromatic rings. The molecule has 0 aromatic heterocycles. The molecular weight excluding hydrogens is 628 g/mol. The minimum Gasteiger partial charge on any atom is -0.507 e. The maximum atomic E-state index is 11.6. The van der Waals surface area contributed by atoms with Crippen molar-refractivity contribution in [2.45, 2.75) is 92.4 Å². The fraction of sp³-hybridized carbons (Fsp3) is 0.429. The lowest BCUT2D eigenvalue weighted by Gasteiger charge is -2.30. The second kappa shape index (κ2) is 14.1. The van der Waals surface area contributed by atoms with E-state index in [1.165, 1.54) is 0 Å². The first-order valence-corrected chi connectivity index (χ1v) is 17.5. The molecule has 50 heavy (non-hydrogen) atoms. The van der Waals surface area contributed by atoms with Crippen molar-refractivity contribution in [2.75, 3.05) is 26.7 Å². The number of fused-ring (bicyclic) bond motifs is 2. The van der Waals surface area contributed by atoms with E-state index < -0.39 is 0 Å². The van der Waals surface area contributed by atoms with Crippen molar-refractivity contribution >= 4 is 0 Å². The Kier molecular flexibility index (Phi) is 9.98. The van der Waals surface area contributed by atoms with Crippen LogP contribution in [0, 0.1) is 13.8 Å². The third kappa shape index (κ3) is 8.14. The van der Waals surface area contributed by atoms with Crippen molar-refractivity contribution in [3.05, 3.63) is 105 Å². The molecule has 0 saturated carbocycles. The SMILES string of the molecule is Cc1cc(CN(CCN(Cc2ccc3c(c2)OCO3)Cc2cc(C)cc(C(C)(C)C)c2O)Cc2ccc3c(c2)OCO3)c(O)c(C(C)(C)C)c1. The maximum absolute atomic E-state index is 11.6. The lowest BCUT2D eigenvalue weighted by molar-refractivity contribution is 0.172. The van der Waals surface area contributed by atoms with Gasteiger partial charge in [0.1, 0.15) is 11.5 Å². The van der Waals surface area contributed by atoms with Gasteiger partial charge in [0.15, 0.2) is 23.0 Å². The van der Waals surface area contributed by atoms with Crippen LogP contribution < -0.4 is 18.9 Å². The molecule has 0 fully saturated rings. The normalized spacial score (nSPS) is 13.9. The van der Waals surface area contributed by atoms with Crippen molar-refractivity contribution in [2.24, 2.45) is 0 Å². The van der Waals surface area contributed by atoms with E-state index in [1.807, 2.05) is 12.1 Å². The highest BCUT2D eigenvalue weighted by molar-refractivity contribution is 5.49. The smallest absolute Gasteiger partial charge is 0.231 e. The van der Waals surface area contributed by atoms with E-state index in [-0.39, 0.29) is 24.4 Å². The maximum Gasteiger partial charge on any atom is 0.231 e. The van der Waals surface area contributed by atoms with Gasteiger partial charge >= 0.3 is 0 Å². The molecular formula is C42H52N2O6. The Balaban J connectivity index is 1.32. The fourth-order valence-electron chi connectivity index (χ4n) is 6.88. The van der Waals surface area contributed by atoms with Gasteiger partial charge < -0.3 is 29.2 Å². The Labute approximate surface area is 297 Å². The van der Waals surface area contributed by atoms with Gasteiger partial charge in [-0.1, -0.05) is 89.1 Å². The molecule has 0 bridgehead atoms. The van der Waals surface area contributed by atoms with Gasteiger partial charge in [-0.3, -0.25) is 9.80 Å². The minimum absolute atomic E-state index is 0.198. The van der Waals surface area contributed by atoms with Crippen molar-refractivity contribution in [1.82, 2.24) is 9.80 Å². The molecule has 2 aliphatic rings. The monoisotopic (exact) mass is 680 g/mol. The number of hydrogen-bond donors (Lipinski definition) is 2. The Morgan fingerprint density at radius 1 is 0.520 bits per heavy atom. The summed E-state index contributed by atoms with van der Waals surface area (Å²) in [6, 6.07) is 20.6. The van der Waals surface area contributed by atoms with Crippen molar-refractivity contribution < 1.29 is 29.2 Å². The van der Waals surface area contributed by atoms with Gasteiger partial charge in [-0.05, 0) is 71.2 Å². The third-order valence-electron chi connectivity index (χ3n) is 9.49. The molecule has 2 aliphatic heterocycles. The third-order valence-corrected chi connectivity index (χ3v) is 9.49. The number of benzene rings is 4. The molecule has 2 heterocycles. The number of aromatic hydroxyl groups is 2. The first-order valence-electron chi connectivity index (χ1n) is 17.5. The van der Waals surface area contributed by atoms with E-state index in [4.69, 9.17) is 18.9 Å². The van der Waals surface area contributed by atoms with Crippen LogP contribution in [0.2, 0.25) is 0 Å². The molecule has 8 heteroatoms. The number of rotatable bonds is 11. The summed E-state index contributed by atoms with van der Waals surface area (Å²) in [6.07, 6.45) is 0. The lowest BCUT2D eigenvalue weighted by atomic mass is 9.84. The van der Waals surface area contributed by atoms with Crippen molar-refractivity contribution in [3.63, 3.8) is 0 Å². The highest BCUT2D eigenvalue weighted by atomic mass is 16.7. The highest BCUT2D eigenvalue weighted by Gasteiger charge is 2.25. The van der Waals surface area contributed by atoms with E-state index in [2.05, 4.69) is 114 Å². The van der Waals surface area contributed by atoms with Crippen LogP contribution in [-0.4, -0.2) is 46.7 Å². The van der Waals surface area contributed by atoms with Crippen LogP contribution in [0.3, 0.4) is 0 Å². The van der Waals surface area contributed by atoms with Crippen LogP contribution in [0.25, 0.3) is 0 Å². The summed E-state index contributed by atoms with van der Waals surface area (Å²) in [7, 11) is 0. The Morgan fingerprint density at radius 2 is 0.900 bits per heavy atom. The largest absolute Gasteiger partial charge is 0.507 e. The van der Waals surface area contributed by atoms with E-state index in [0.29, 0.717) is 50.8 Å². The number of ether oxygens (including phenoxy) is 4. The average molecular weight is 681 g/mol. The molecule has 6 rings (SSSR count). The minimum atomic E-state index is -0.198. The van der Waals surface area contributed by atoms with Gasteiger partial charge in [0.2, 0.25) is 13.6 Å². The van der Waals surface area contributed by atoms with Gasteiger partial charge in [-0.25, -0.2) is 0 Å². The molecule has 0 radical (unpaired) electrons. The van der Waals surface area contributed by atoms with E-state index in [9.17, 15) is 10.2 Å². The van der Waals surface area contributed by atoms with Gasteiger partial charge in [0.05, 0.1) is 0 Å². The van der Waals surface area contributed by atoms with Crippen LogP contribution in [0.4, 0.5) is 0 Å². The van der Waals surface area contributed by atoms with Crippen LogP contribution in [-0.2, 0) is 37.0 Å². The zero-order chi connectivity index (χ0) is 35.8. The Morgan fingerprint density at radius 3 is 1.28 bits per heavy atom. The number of nitrogens with zero attached hydrogens (tertiary/aromatic N) is 2. The van der Waals surface area contributed by atoms with Gasteiger partial charge in [0.25, 0.3) is 0 Å². The quantitative estimate of drug-likeness (QED) is 0.163. The predicted octanol–water partition coefficient (Wildman–Crippen LogP) is 8.47. The number of phenols is 2. The molecule has 2 N–H and O–H groups in total. The molecule has 4 aromatic carbocycles. The van der Waals surface area contributed by atoms with Crippen molar-refractivity contribution in [1.29, 1.82) is 0 Å². The topological polar surface area (TPSA) is 83.9 Å². The molecule has 0 unspecified atom stereocenters. The fourth-order valence-corrected chi connectivity index (χ4v) is 6.88. The van der Waals surface area contributed by atoms with Gasteiger partial charge in [-0.2, -0.15) is 0 Å². The summed E-state index contributed by atoms with van der Waals surface area (Å²) in [5.41, 5.74) is 7.77. The standard InChI is InChI=1S/C42H52N2O6/c1-27-15-31(39(45)33(17-27)41(3,4)5)23-43(21-29-9-11-35-37(19-29)49-25-47-35)13-14-44(22-30-10-12-36-38(20-30)50-26-48-36)24-32-16-28(2)18-34(40(32)46)42(6,7)8/h9-12,15-20,45-46H,13-14,21-26H2,1-8H3. The molecule has 0 spiro atoms. The second-order valence-corrected chi connectivity index (χ2v) is 15.9. The molecule has 0 amide bonds. The van der Waals surface area contributed by atoms with E-state index in [1.54, 1.807) is 0 Å². The van der Waals surface area contributed by atoms with Crippen LogP contribution >= 0.6 is 0 Å². The highest BCUT2D eigenvalue weighted by Crippen LogP contribution is 2.38. The van der Waals surface area contributed by atoms with Crippen LogP contribution in [0.15, 0.2) is 60.7 Å². The lowest BCUT2D eigenvalue weighted by Crippen LogP contribution is -2.34. The van der Waals surface area contributed by atoms with E-state index in [0.717, 1.165) is 67.5 Å². The summed E-state index contributed by atoms with van der Waals surface area (Å²) < 4.78 is 22.6. The Hall–Kier alpha value is -4.40. The molecule has 8 nitrogen and oxygen atoms in total. The van der Waals surface area contributed by atoms with Crippen LogP contribution in [0.5, 0.6) is 34.5 Å². The molecule has 0 atom stereocenters. The molecule has 266 valence electrons. The summed E-state index contributed by atoms with van der Waals surface area (Å²) in [5, 5.41) is 23.1.